The van der Waals surface area contributed by atoms with Gasteiger partial charge in [-0.25, -0.2) is 4.39 Å². The average molecular weight is 210 g/mol. The van der Waals surface area contributed by atoms with E-state index >= 15 is 0 Å². The Balaban J connectivity index is 3.00. The van der Waals surface area contributed by atoms with Crippen molar-refractivity contribution < 1.29 is 19.2 Å². The summed E-state index contributed by atoms with van der Waals surface area (Å²) in [7, 11) is -1.76. The Morgan fingerprint density at radius 3 is 2.73 bits per heavy atom. The topological polar surface area (TPSA) is 49.7 Å². The third-order valence-corrected chi connectivity index (χ3v) is 1.89. The minimum Gasteiger partial charge on any atom is -0.487 e. The highest BCUT2D eigenvalue weighted by molar-refractivity contribution is 6.59. The molecule has 3 nitrogen and oxygen atoms in total. The summed E-state index contributed by atoms with van der Waals surface area (Å²) in [4.78, 5) is 0. The van der Waals surface area contributed by atoms with Crippen LogP contribution in [0.3, 0.4) is 0 Å². The van der Waals surface area contributed by atoms with Crippen molar-refractivity contribution in [3.63, 3.8) is 0 Å². The molecule has 15 heavy (non-hydrogen) atoms. The minimum atomic E-state index is -1.76. The van der Waals surface area contributed by atoms with E-state index in [-0.39, 0.29) is 17.3 Å². The molecule has 0 saturated heterocycles. The number of rotatable bonds is 4. The lowest BCUT2D eigenvalue weighted by molar-refractivity contribution is 0.271. The highest BCUT2D eigenvalue weighted by Crippen LogP contribution is 2.11. The van der Waals surface area contributed by atoms with Crippen LogP contribution in [0, 0.1) is 5.82 Å². The fourth-order valence-electron chi connectivity index (χ4n) is 1.08. The summed E-state index contributed by atoms with van der Waals surface area (Å²) >= 11 is 0. The van der Waals surface area contributed by atoms with E-state index in [1.54, 1.807) is 13.0 Å². The van der Waals surface area contributed by atoms with E-state index in [1.807, 2.05) is 0 Å². The van der Waals surface area contributed by atoms with Crippen LogP contribution in [0.1, 0.15) is 6.92 Å². The lowest BCUT2D eigenvalue weighted by Crippen LogP contribution is -2.32. The lowest BCUT2D eigenvalue weighted by atomic mass is 9.79. The molecular weight excluding hydrogens is 198 g/mol. The first-order valence-corrected chi connectivity index (χ1v) is 4.49. The molecule has 1 aromatic rings. The van der Waals surface area contributed by atoms with Gasteiger partial charge in [0.15, 0.2) is 0 Å². The van der Waals surface area contributed by atoms with E-state index in [9.17, 15) is 4.39 Å². The van der Waals surface area contributed by atoms with Crippen molar-refractivity contribution in [3.05, 3.63) is 36.7 Å². The van der Waals surface area contributed by atoms with Gasteiger partial charge in [0, 0.05) is 5.46 Å². The number of ether oxygens (including phenoxy) is 1. The van der Waals surface area contributed by atoms with Crippen LogP contribution < -0.4 is 10.2 Å². The van der Waals surface area contributed by atoms with Gasteiger partial charge in [-0.05, 0) is 25.1 Å². The monoisotopic (exact) mass is 210 g/mol. The minimum absolute atomic E-state index is 0.00343. The molecule has 0 aromatic heterocycles. The predicted molar refractivity (Wildman–Crippen MR) is 56.5 cm³/mol. The van der Waals surface area contributed by atoms with Gasteiger partial charge in [-0.3, -0.25) is 0 Å². The third-order valence-electron chi connectivity index (χ3n) is 1.89. The Morgan fingerprint density at radius 2 is 2.20 bits per heavy atom. The van der Waals surface area contributed by atoms with E-state index in [4.69, 9.17) is 14.8 Å². The third kappa shape index (κ3) is 3.07. The second kappa shape index (κ2) is 4.95. The SMILES string of the molecule is C=CC(C)Oc1ccc(F)cc1B(O)O. The van der Waals surface area contributed by atoms with Crippen LogP contribution in [0.4, 0.5) is 4.39 Å². The van der Waals surface area contributed by atoms with Crippen LogP contribution in [-0.2, 0) is 0 Å². The second-order valence-corrected chi connectivity index (χ2v) is 3.11. The first-order valence-electron chi connectivity index (χ1n) is 4.49. The number of halogens is 1. The van der Waals surface area contributed by atoms with Gasteiger partial charge in [-0.1, -0.05) is 12.7 Å². The Kier molecular flexibility index (Phi) is 3.88. The van der Waals surface area contributed by atoms with Crippen LogP contribution in [0.5, 0.6) is 5.75 Å². The molecule has 0 bridgehead atoms. The highest BCUT2D eigenvalue weighted by Gasteiger charge is 2.18. The summed E-state index contributed by atoms with van der Waals surface area (Å²) in [5, 5.41) is 18.0. The van der Waals surface area contributed by atoms with Crippen molar-refractivity contribution in [3.8, 4) is 5.75 Å². The van der Waals surface area contributed by atoms with Crippen LogP contribution >= 0.6 is 0 Å². The predicted octanol–water partition coefficient (Wildman–Crippen LogP) is 0.459. The van der Waals surface area contributed by atoms with Crippen molar-refractivity contribution >= 4 is 12.6 Å². The Hall–Kier alpha value is -1.33. The molecule has 1 atom stereocenters. The Morgan fingerprint density at radius 1 is 1.53 bits per heavy atom. The molecule has 0 fully saturated rings. The molecule has 1 unspecified atom stereocenters. The molecule has 2 N–H and O–H groups in total. The van der Waals surface area contributed by atoms with E-state index in [2.05, 4.69) is 6.58 Å². The highest BCUT2D eigenvalue weighted by atomic mass is 19.1. The standard InChI is InChI=1S/C10H12BFO3/c1-3-7(2)15-10-5-4-8(12)6-9(10)11(13)14/h3-7,13-14H,1H2,2H3. The average Bonchev–Trinajstić information content (AvgIpc) is 2.20. The summed E-state index contributed by atoms with van der Waals surface area (Å²) in [5.41, 5.74) is 0.00343. The van der Waals surface area contributed by atoms with Crippen molar-refractivity contribution in [1.29, 1.82) is 0 Å². The summed E-state index contributed by atoms with van der Waals surface area (Å²) in [6.45, 7) is 5.26. The second-order valence-electron chi connectivity index (χ2n) is 3.11. The molecule has 1 rings (SSSR count). The van der Waals surface area contributed by atoms with E-state index < -0.39 is 12.9 Å². The lowest BCUT2D eigenvalue weighted by Gasteiger charge is -2.14. The number of hydrogen-bond donors (Lipinski definition) is 2. The normalized spacial score (nSPS) is 12.0. The molecular formula is C10H12BFO3. The van der Waals surface area contributed by atoms with Crippen molar-refractivity contribution in [2.24, 2.45) is 0 Å². The largest absolute Gasteiger partial charge is 0.492 e. The fourth-order valence-corrected chi connectivity index (χ4v) is 1.08. The first-order chi connectivity index (χ1) is 7.04. The van der Waals surface area contributed by atoms with Crippen LogP contribution in [0.25, 0.3) is 0 Å². The molecule has 0 aliphatic heterocycles. The molecule has 0 aliphatic carbocycles. The molecule has 1 aromatic carbocycles. The zero-order valence-corrected chi connectivity index (χ0v) is 8.35. The van der Waals surface area contributed by atoms with Crippen LogP contribution in [0.2, 0.25) is 0 Å². The zero-order valence-electron chi connectivity index (χ0n) is 8.35. The summed E-state index contributed by atoms with van der Waals surface area (Å²) < 4.78 is 18.1. The Bertz CT molecular complexity index is 355. The summed E-state index contributed by atoms with van der Waals surface area (Å²) in [5.74, 6) is -0.310. The van der Waals surface area contributed by atoms with Crippen molar-refractivity contribution in [1.82, 2.24) is 0 Å². The van der Waals surface area contributed by atoms with E-state index in [0.717, 1.165) is 6.07 Å². The fraction of sp³-hybridized carbons (Fsp3) is 0.200. The van der Waals surface area contributed by atoms with Gasteiger partial charge in [0.1, 0.15) is 17.7 Å². The van der Waals surface area contributed by atoms with Gasteiger partial charge in [0.25, 0.3) is 0 Å². The number of hydrogen-bond acceptors (Lipinski definition) is 3. The van der Waals surface area contributed by atoms with Gasteiger partial charge < -0.3 is 14.8 Å². The van der Waals surface area contributed by atoms with Crippen LogP contribution in [0.15, 0.2) is 30.9 Å². The van der Waals surface area contributed by atoms with Gasteiger partial charge in [-0.15, -0.1) is 0 Å². The van der Waals surface area contributed by atoms with Gasteiger partial charge >= 0.3 is 7.12 Å². The maximum atomic E-state index is 12.8. The first kappa shape index (κ1) is 11.7. The molecule has 0 spiro atoms. The van der Waals surface area contributed by atoms with Gasteiger partial charge in [0.2, 0.25) is 0 Å². The van der Waals surface area contributed by atoms with Crippen molar-refractivity contribution in [2.45, 2.75) is 13.0 Å². The van der Waals surface area contributed by atoms with E-state index in [0.29, 0.717) is 0 Å². The molecule has 5 heteroatoms. The van der Waals surface area contributed by atoms with Crippen molar-refractivity contribution in [2.75, 3.05) is 0 Å². The molecule has 0 amide bonds. The van der Waals surface area contributed by atoms with Crippen LogP contribution in [-0.4, -0.2) is 23.3 Å². The van der Waals surface area contributed by atoms with Gasteiger partial charge in [0.05, 0.1) is 0 Å². The maximum absolute atomic E-state index is 12.8. The summed E-state index contributed by atoms with van der Waals surface area (Å²) in [6.07, 6.45) is 1.27. The maximum Gasteiger partial charge on any atom is 0.492 e. The zero-order chi connectivity index (χ0) is 11.4. The molecule has 80 valence electrons. The molecule has 0 radical (unpaired) electrons. The molecule has 0 saturated carbocycles. The quantitative estimate of drug-likeness (QED) is 0.560. The molecule has 0 heterocycles. The smallest absolute Gasteiger partial charge is 0.487 e. The number of benzene rings is 1. The summed E-state index contributed by atoms with van der Waals surface area (Å²) in [6, 6.07) is 3.57. The van der Waals surface area contributed by atoms with E-state index in [1.165, 1.54) is 12.1 Å². The van der Waals surface area contributed by atoms with Gasteiger partial charge in [-0.2, -0.15) is 0 Å². The molecule has 0 aliphatic rings. The Labute approximate surface area is 88.0 Å².